The highest BCUT2D eigenvalue weighted by atomic mass is 79.9. The van der Waals surface area contributed by atoms with Crippen molar-refractivity contribution < 1.29 is 12.6 Å². The zero-order valence-electron chi connectivity index (χ0n) is 6.82. The second-order valence-corrected chi connectivity index (χ2v) is 4.49. The molecule has 13 heavy (non-hydrogen) atoms. The topological polar surface area (TPSA) is 69.4 Å². The van der Waals surface area contributed by atoms with Crippen LogP contribution in [-0.2, 0) is 10.3 Å². The van der Waals surface area contributed by atoms with Crippen molar-refractivity contribution in [1.29, 1.82) is 0 Å². The lowest BCUT2D eigenvalue weighted by atomic mass is 10.2. The molecule has 0 radical (unpaired) electrons. The van der Waals surface area contributed by atoms with Crippen molar-refractivity contribution in [2.45, 2.75) is 6.92 Å². The van der Waals surface area contributed by atoms with E-state index in [2.05, 4.69) is 20.1 Å². The zero-order chi connectivity index (χ0) is 10.1. The molecule has 0 aliphatic carbocycles. The minimum atomic E-state index is -3.92. The first-order chi connectivity index (χ1) is 5.88. The molecule has 0 bridgehead atoms. The first kappa shape index (κ1) is 10.5. The molecule has 0 unspecified atom stereocenters. The van der Waals surface area contributed by atoms with Crippen LogP contribution in [0.3, 0.4) is 0 Å². The van der Waals surface area contributed by atoms with Gasteiger partial charge in [0.05, 0.1) is 0 Å². The third-order valence-corrected chi connectivity index (χ3v) is 2.66. The van der Waals surface area contributed by atoms with Crippen molar-refractivity contribution in [3.63, 3.8) is 0 Å². The molecular weight excluding hydrogens is 258 g/mol. The Morgan fingerprint density at radius 3 is 2.54 bits per heavy atom. The number of hydrogen-bond donors (Lipinski definition) is 1. The summed E-state index contributed by atoms with van der Waals surface area (Å²) in [5.74, 6) is 0.211. The summed E-state index contributed by atoms with van der Waals surface area (Å²) < 4.78 is 26.4. The molecular formula is C7H8BrNO3S. The lowest BCUT2D eigenvalue weighted by Gasteiger charge is -2.03. The van der Waals surface area contributed by atoms with Crippen molar-refractivity contribution in [2.24, 2.45) is 5.14 Å². The quantitative estimate of drug-likeness (QED) is 0.878. The number of rotatable bonds is 2. The van der Waals surface area contributed by atoms with Gasteiger partial charge in [-0.1, -0.05) is 15.9 Å². The number of benzene rings is 1. The summed E-state index contributed by atoms with van der Waals surface area (Å²) in [5.41, 5.74) is 0.876. The summed E-state index contributed by atoms with van der Waals surface area (Å²) in [6.07, 6.45) is 0. The Morgan fingerprint density at radius 1 is 1.46 bits per heavy atom. The molecule has 1 aromatic rings. The molecule has 0 spiro atoms. The largest absolute Gasteiger partial charge is 0.380 e. The van der Waals surface area contributed by atoms with Gasteiger partial charge in [-0.2, -0.15) is 13.6 Å². The summed E-state index contributed by atoms with van der Waals surface area (Å²) in [6.45, 7) is 1.82. The smallest absolute Gasteiger partial charge is 0.371 e. The van der Waals surface area contributed by atoms with Crippen LogP contribution < -0.4 is 9.32 Å². The fourth-order valence-electron chi connectivity index (χ4n) is 0.803. The predicted octanol–water partition coefficient (Wildman–Crippen LogP) is 1.34. The number of halogens is 1. The van der Waals surface area contributed by atoms with Gasteiger partial charge in [0.2, 0.25) is 0 Å². The molecule has 4 nitrogen and oxygen atoms in total. The van der Waals surface area contributed by atoms with Crippen LogP contribution in [0.1, 0.15) is 5.56 Å². The number of aryl methyl sites for hydroxylation is 1. The molecule has 2 N–H and O–H groups in total. The van der Waals surface area contributed by atoms with Gasteiger partial charge in [-0.15, -0.1) is 0 Å². The van der Waals surface area contributed by atoms with E-state index < -0.39 is 10.3 Å². The van der Waals surface area contributed by atoms with Crippen molar-refractivity contribution in [3.05, 3.63) is 28.2 Å². The molecule has 0 aliphatic rings. The maximum Gasteiger partial charge on any atom is 0.380 e. The van der Waals surface area contributed by atoms with Crippen LogP contribution in [0.5, 0.6) is 5.75 Å². The first-order valence-electron chi connectivity index (χ1n) is 3.37. The van der Waals surface area contributed by atoms with Crippen LogP contribution >= 0.6 is 15.9 Å². The predicted molar refractivity (Wildman–Crippen MR) is 52.6 cm³/mol. The van der Waals surface area contributed by atoms with E-state index in [1.807, 2.05) is 6.92 Å². The first-order valence-corrected chi connectivity index (χ1v) is 5.63. The fourth-order valence-corrected chi connectivity index (χ4v) is 1.42. The van der Waals surface area contributed by atoms with Crippen LogP contribution in [0.15, 0.2) is 22.7 Å². The third kappa shape index (κ3) is 3.33. The van der Waals surface area contributed by atoms with Crippen LogP contribution in [0.4, 0.5) is 0 Å². The number of nitrogens with two attached hydrogens (primary N) is 1. The maximum atomic E-state index is 10.5. The second-order valence-electron chi connectivity index (χ2n) is 2.49. The van der Waals surface area contributed by atoms with Crippen molar-refractivity contribution >= 4 is 26.2 Å². The lowest BCUT2D eigenvalue weighted by molar-refractivity contribution is 0.487. The Hall–Kier alpha value is -0.590. The van der Waals surface area contributed by atoms with Crippen molar-refractivity contribution in [3.8, 4) is 5.75 Å². The highest BCUT2D eigenvalue weighted by molar-refractivity contribution is 9.10. The Labute approximate surface area is 85.1 Å². The highest BCUT2D eigenvalue weighted by Gasteiger charge is 2.05. The molecule has 72 valence electrons. The Bertz CT molecular complexity index is 416. The van der Waals surface area contributed by atoms with Gasteiger partial charge < -0.3 is 4.18 Å². The maximum absolute atomic E-state index is 10.5. The molecule has 0 amide bonds. The van der Waals surface area contributed by atoms with Gasteiger partial charge >= 0.3 is 10.3 Å². The fraction of sp³-hybridized carbons (Fsp3) is 0.143. The van der Waals surface area contributed by atoms with Gasteiger partial charge in [0.15, 0.2) is 0 Å². The summed E-state index contributed by atoms with van der Waals surface area (Å²) in [4.78, 5) is 0. The van der Waals surface area contributed by atoms with Gasteiger partial charge in [-0.3, -0.25) is 0 Å². The van der Waals surface area contributed by atoms with E-state index in [0.29, 0.717) is 0 Å². The van der Waals surface area contributed by atoms with Gasteiger partial charge in [-0.05, 0) is 30.7 Å². The van der Waals surface area contributed by atoms with Gasteiger partial charge in [0, 0.05) is 4.47 Å². The summed E-state index contributed by atoms with van der Waals surface area (Å²) >= 11 is 3.27. The van der Waals surface area contributed by atoms with E-state index in [-0.39, 0.29) is 5.75 Å². The normalized spacial score (nSPS) is 11.3. The molecule has 0 saturated carbocycles. The minimum absolute atomic E-state index is 0.211. The molecule has 0 heterocycles. The van der Waals surface area contributed by atoms with E-state index in [1.54, 1.807) is 12.1 Å². The Balaban J connectivity index is 2.99. The molecule has 0 aliphatic heterocycles. The number of hydrogen-bond acceptors (Lipinski definition) is 3. The van der Waals surface area contributed by atoms with Gasteiger partial charge in [-0.25, -0.2) is 0 Å². The van der Waals surface area contributed by atoms with Crippen molar-refractivity contribution in [2.75, 3.05) is 0 Å². The van der Waals surface area contributed by atoms with Crippen LogP contribution in [0, 0.1) is 6.92 Å². The van der Waals surface area contributed by atoms with E-state index >= 15 is 0 Å². The molecule has 0 atom stereocenters. The standard InChI is InChI=1S/C7H8BrNO3S/c1-5-4-6(2-3-7(5)8)12-13(9,10)11/h2-4H,1H3,(H2,9,10,11). The van der Waals surface area contributed by atoms with Crippen LogP contribution in [0.25, 0.3) is 0 Å². The van der Waals surface area contributed by atoms with E-state index in [4.69, 9.17) is 5.14 Å². The second kappa shape index (κ2) is 3.65. The SMILES string of the molecule is Cc1cc(OS(N)(=O)=O)ccc1Br. The summed E-state index contributed by atoms with van der Waals surface area (Å²) in [7, 11) is -3.92. The molecule has 0 aromatic heterocycles. The van der Waals surface area contributed by atoms with Crippen molar-refractivity contribution in [1.82, 2.24) is 0 Å². The molecule has 1 aromatic carbocycles. The van der Waals surface area contributed by atoms with Gasteiger partial charge in [0.1, 0.15) is 5.75 Å². The van der Waals surface area contributed by atoms with E-state index in [0.717, 1.165) is 10.0 Å². The molecule has 0 fully saturated rings. The third-order valence-electron chi connectivity index (χ3n) is 1.34. The lowest BCUT2D eigenvalue weighted by Crippen LogP contribution is -2.18. The monoisotopic (exact) mass is 265 g/mol. The minimum Gasteiger partial charge on any atom is -0.371 e. The molecule has 6 heteroatoms. The van der Waals surface area contributed by atoms with E-state index in [9.17, 15) is 8.42 Å². The zero-order valence-corrected chi connectivity index (χ0v) is 9.22. The van der Waals surface area contributed by atoms with Gasteiger partial charge in [0.25, 0.3) is 0 Å². The molecule has 1 rings (SSSR count). The Kier molecular flexibility index (Phi) is 2.94. The van der Waals surface area contributed by atoms with Crippen LogP contribution in [-0.4, -0.2) is 8.42 Å². The average molecular weight is 266 g/mol. The Morgan fingerprint density at radius 2 is 2.08 bits per heavy atom. The van der Waals surface area contributed by atoms with E-state index in [1.165, 1.54) is 6.07 Å². The summed E-state index contributed by atoms with van der Waals surface area (Å²) in [5, 5.41) is 4.69. The summed E-state index contributed by atoms with van der Waals surface area (Å²) in [6, 6.07) is 4.78. The highest BCUT2D eigenvalue weighted by Crippen LogP contribution is 2.21. The van der Waals surface area contributed by atoms with Crippen LogP contribution in [0.2, 0.25) is 0 Å². The average Bonchev–Trinajstić information content (AvgIpc) is 1.94. The molecule has 0 saturated heterocycles.